The van der Waals surface area contributed by atoms with Crippen molar-refractivity contribution in [3.05, 3.63) is 279 Å². The lowest BCUT2D eigenvalue weighted by Gasteiger charge is -2.11. The van der Waals surface area contributed by atoms with E-state index >= 15 is 0 Å². The largest absolute Gasteiger partial charge is 0.416 e. The zero-order valence-corrected chi connectivity index (χ0v) is 44.3. The number of hydrogen-bond donors (Lipinski definition) is 0. The van der Waals surface area contributed by atoms with Gasteiger partial charge in [0.25, 0.3) is 0 Å². The van der Waals surface area contributed by atoms with Gasteiger partial charge in [-0.05, 0) is 140 Å². The third-order valence-electron chi connectivity index (χ3n) is 15.2. The topological polar surface area (TPSA) is 38.9 Å². The number of rotatable bonds is 10. The predicted molar refractivity (Wildman–Crippen MR) is 334 cm³/mol. The van der Waals surface area contributed by atoms with E-state index in [4.69, 9.17) is 14.6 Å². The van der Waals surface area contributed by atoms with Crippen molar-refractivity contribution in [2.75, 3.05) is 0 Å². The van der Waals surface area contributed by atoms with Crippen LogP contribution in [0.4, 0.5) is 0 Å². The van der Waals surface area contributed by atoms with Gasteiger partial charge in [-0.2, -0.15) is 0 Å². The van der Waals surface area contributed by atoms with Crippen LogP contribution in [0.15, 0.2) is 283 Å². The highest BCUT2D eigenvalue weighted by molar-refractivity contribution is 7.27. The maximum atomic E-state index is 6.72. The summed E-state index contributed by atoms with van der Waals surface area (Å²) in [5.74, 6) is 0.933. The lowest BCUT2D eigenvalue weighted by Crippen LogP contribution is -1.85. The van der Waals surface area contributed by atoms with Gasteiger partial charge in [-0.25, -0.2) is 0 Å². The van der Waals surface area contributed by atoms with E-state index in [2.05, 4.69) is 279 Å². The quantitative estimate of drug-likeness (QED) is 0.137. The van der Waals surface area contributed by atoms with Crippen LogP contribution in [0.3, 0.4) is 0 Å². The minimum Gasteiger partial charge on any atom is -0.416 e. The van der Waals surface area contributed by atoms with Gasteiger partial charge in [0.1, 0.15) is 0 Å². The Hall–Kier alpha value is -9.78. The van der Waals surface area contributed by atoms with E-state index in [1.54, 1.807) is 0 Å². The Kier molecular flexibility index (Phi) is 11.6. The van der Waals surface area contributed by atoms with E-state index in [1.165, 1.54) is 96.0 Å². The van der Waals surface area contributed by atoms with E-state index in [1.807, 2.05) is 22.7 Å². The zero-order chi connectivity index (χ0) is 52.2. The monoisotopic (exact) mass is 1040 g/mol. The number of hydrogen-bond acceptors (Lipinski definition) is 5. The van der Waals surface area contributed by atoms with Crippen LogP contribution in [0.1, 0.15) is 0 Å². The second kappa shape index (κ2) is 19.7. The van der Waals surface area contributed by atoms with Gasteiger partial charge >= 0.3 is 0 Å². The average molecular weight is 1040 g/mol. The third-order valence-corrected chi connectivity index (χ3v) is 17.8. The molecule has 0 N–H and O–H groups in total. The smallest absolute Gasteiger partial charge is 0.248 e. The van der Waals surface area contributed by atoms with Gasteiger partial charge in [-0.15, -0.1) is 32.9 Å². The highest BCUT2D eigenvalue weighted by atomic mass is 32.1. The SMILES string of the molecule is c1ccc(-c2cc(-c3ccccc3)c3sc4c(-c5cccc(-c6nnc(-c7cccc(-c8cc(-c9ccccc9)cc9c8sc8c(-c%10ccccc%10)cc(-c%10ccccc%10)cc89)c7)o6)c5)cc(-c5ccccc5)cc4c3c2)cc1. The Morgan fingerprint density at radius 2 is 0.443 bits per heavy atom. The molecule has 0 amide bonds. The van der Waals surface area contributed by atoms with Crippen molar-refractivity contribution in [3.63, 3.8) is 0 Å². The molecule has 79 heavy (non-hydrogen) atoms. The molecule has 0 aliphatic heterocycles. The molecule has 3 nitrogen and oxygen atoms in total. The first-order chi connectivity index (χ1) is 39.1. The predicted octanol–water partition coefficient (Wildman–Crippen LogP) is 21.5. The molecule has 5 heteroatoms. The number of nitrogens with zero attached hydrogens (tertiary/aromatic N) is 2. The van der Waals surface area contributed by atoms with Gasteiger partial charge in [-0.3, -0.25) is 0 Å². The molecule has 0 saturated carbocycles. The Bertz CT molecular complexity index is 4440. The molecule has 0 unspecified atom stereocenters. The van der Waals surface area contributed by atoms with Crippen LogP contribution in [-0.4, -0.2) is 10.2 Å². The summed E-state index contributed by atoms with van der Waals surface area (Å²) in [4.78, 5) is 0. The summed E-state index contributed by atoms with van der Waals surface area (Å²) < 4.78 is 11.7. The first kappa shape index (κ1) is 46.5. The van der Waals surface area contributed by atoms with Gasteiger partial charge in [0.05, 0.1) is 0 Å². The van der Waals surface area contributed by atoms with Crippen LogP contribution in [0.5, 0.6) is 0 Å². The molecule has 0 saturated heterocycles. The lowest BCUT2D eigenvalue weighted by molar-refractivity contribution is 0.584. The normalized spacial score (nSPS) is 11.5. The minimum atomic E-state index is 0.466. The van der Waals surface area contributed by atoms with E-state index in [-0.39, 0.29) is 0 Å². The van der Waals surface area contributed by atoms with Gasteiger partial charge < -0.3 is 4.42 Å². The Balaban J connectivity index is 0.852. The van der Waals surface area contributed by atoms with Crippen molar-refractivity contribution in [1.82, 2.24) is 10.2 Å². The van der Waals surface area contributed by atoms with Gasteiger partial charge in [0.2, 0.25) is 11.8 Å². The van der Waals surface area contributed by atoms with Crippen LogP contribution >= 0.6 is 22.7 Å². The molecular weight excluding hydrogens is 997 g/mol. The molecule has 12 aromatic carbocycles. The lowest BCUT2D eigenvalue weighted by atomic mass is 9.93. The molecule has 0 radical (unpaired) electrons. The fourth-order valence-corrected chi connectivity index (χ4v) is 14.0. The average Bonchev–Trinajstić information content (AvgIpc) is 4.50. The van der Waals surface area contributed by atoms with Crippen LogP contribution in [-0.2, 0) is 0 Å². The molecule has 3 heterocycles. The highest BCUT2D eigenvalue weighted by Gasteiger charge is 2.22. The van der Waals surface area contributed by atoms with Crippen LogP contribution in [0, 0.1) is 0 Å². The van der Waals surface area contributed by atoms with Crippen LogP contribution < -0.4 is 0 Å². The molecule has 0 aliphatic rings. The second-order valence-corrected chi connectivity index (χ2v) is 22.1. The summed E-state index contributed by atoms with van der Waals surface area (Å²) in [5.41, 5.74) is 20.5. The van der Waals surface area contributed by atoms with Crippen molar-refractivity contribution in [2.24, 2.45) is 0 Å². The van der Waals surface area contributed by atoms with Crippen LogP contribution in [0.2, 0.25) is 0 Å². The molecule has 370 valence electrons. The summed E-state index contributed by atoms with van der Waals surface area (Å²) in [5, 5.41) is 14.4. The summed E-state index contributed by atoms with van der Waals surface area (Å²) >= 11 is 3.73. The first-order valence-electron chi connectivity index (χ1n) is 26.6. The van der Waals surface area contributed by atoms with Crippen molar-refractivity contribution in [3.8, 4) is 112 Å². The Morgan fingerprint density at radius 3 is 0.734 bits per heavy atom. The zero-order valence-electron chi connectivity index (χ0n) is 42.7. The Labute approximate surface area is 465 Å². The number of aromatic nitrogens is 2. The third kappa shape index (κ3) is 8.53. The second-order valence-electron chi connectivity index (χ2n) is 20.1. The maximum Gasteiger partial charge on any atom is 0.248 e. The maximum absolute atomic E-state index is 6.72. The molecule has 0 bridgehead atoms. The molecule has 3 aromatic heterocycles. The molecule has 15 aromatic rings. The first-order valence-corrected chi connectivity index (χ1v) is 28.2. The van der Waals surface area contributed by atoms with Crippen molar-refractivity contribution < 1.29 is 4.42 Å². The molecule has 0 atom stereocenters. The highest BCUT2D eigenvalue weighted by Crippen LogP contribution is 2.50. The van der Waals surface area contributed by atoms with E-state index in [9.17, 15) is 0 Å². The molecule has 15 rings (SSSR count). The van der Waals surface area contributed by atoms with Gasteiger partial charge in [0, 0.05) is 73.7 Å². The van der Waals surface area contributed by atoms with E-state index < -0.39 is 0 Å². The fourth-order valence-electron chi connectivity index (χ4n) is 11.3. The molecule has 0 fully saturated rings. The summed E-state index contributed by atoms with van der Waals surface area (Å²) in [7, 11) is 0. The van der Waals surface area contributed by atoms with E-state index in [0.29, 0.717) is 11.8 Å². The summed E-state index contributed by atoms with van der Waals surface area (Å²) in [6, 6.07) is 101. The summed E-state index contributed by atoms with van der Waals surface area (Å²) in [6.45, 7) is 0. The standard InChI is InChI=1S/C74H46N2OS2/c1-7-21-47(22-8-1)57-39-61(51-29-15-5-16-30-51)69-65(43-57)67-45-59(49-25-11-3-12-26-49)41-63(71(67)78-69)53-33-19-35-55(37-53)73-75-76-74(77-73)56-36-20-34-54(38-56)64-42-60(50-27-13-4-14-28-50)46-68-66-44-58(48-23-9-2-10-24-48)40-62(70(66)79-72(64)68)52-31-17-6-18-32-52/h1-46H. The Morgan fingerprint density at radius 1 is 0.203 bits per heavy atom. The molecular formula is C74H46N2OS2. The van der Waals surface area contributed by atoms with Crippen molar-refractivity contribution in [1.29, 1.82) is 0 Å². The molecule has 0 spiro atoms. The fraction of sp³-hybridized carbons (Fsp3) is 0. The molecule has 0 aliphatic carbocycles. The number of fused-ring (bicyclic) bond motifs is 6. The van der Waals surface area contributed by atoms with Crippen molar-refractivity contribution >= 4 is 63.0 Å². The van der Waals surface area contributed by atoms with Crippen molar-refractivity contribution in [2.45, 2.75) is 0 Å². The minimum absolute atomic E-state index is 0.466. The van der Waals surface area contributed by atoms with Gasteiger partial charge in [0.15, 0.2) is 0 Å². The number of benzene rings is 12. The number of thiophene rings is 2. The van der Waals surface area contributed by atoms with Gasteiger partial charge in [-0.1, -0.05) is 206 Å². The van der Waals surface area contributed by atoms with Crippen LogP contribution in [0.25, 0.3) is 152 Å². The van der Waals surface area contributed by atoms with E-state index in [0.717, 1.165) is 44.5 Å². The summed E-state index contributed by atoms with van der Waals surface area (Å²) in [6.07, 6.45) is 0.